The lowest BCUT2D eigenvalue weighted by atomic mass is 10.1. The number of hydrogen-bond donors (Lipinski definition) is 2. The SMILES string of the molecule is CC1CCC(NC(=O)c2ccc(S(N)(=O)=O)cc2)C1. The molecule has 1 aromatic rings. The van der Waals surface area contributed by atoms with Crippen LogP contribution in [0.4, 0.5) is 0 Å². The Balaban J connectivity index is 2.04. The summed E-state index contributed by atoms with van der Waals surface area (Å²) >= 11 is 0. The van der Waals surface area contributed by atoms with E-state index in [1.807, 2.05) is 0 Å². The summed E-state index contributed by atoms with van der Waals surface area (Å²) in [6.07, 6.45) is 3.14. The number of nitrogens with one attached hydrogen (secondary N) is 1. The van der Waals surface area contributed by atoms with Gasteiger partial charge in [0, 0.05) is 11.6 Å². The lowest BCUT2D eigenvalue weighted by molar-refractivity contribution is 0.0937. The molecule has 0 saturated heterocycles. The summed E-state index contributed by atoms with van der Waals surface area (Å²) in [4.78, 5) is 12.0. The van der Waals surface area contributed by atoms with Gasteiger partial charge in [-0.2, -0.15) is 0 Å². The maximum atomic E-state index is 12.0. The molecule has 19 heavy (non-hydrogen) atoms. The lowest BCUT2D eigenvalue weighted by Crippen LogP contribution is -2.32. The first-order valence-electron chi connectivity index (χ1n) is 6.30. The first-order valence-corrected chi connectivity index (χ1v) is 7.84. The molecular formula is C13H18N2O3S. The van der Waals surface area contributed by atoms with Crippen molar-refractivity contribution >= 4 is 15.9 Å². The molecule has 2 rings (SSSR count). The Morgan fingerprint density at radius 1 is 1.26 bits per heavy atom. The molecule has 0 aliphatic heterocycles. The summed E-state index contributed by atoms with van der Waals surface area (Å²) in [5.74, 6) is 0.482. The largest absolute Gasteiger partial charge is 0.349 e. The monoisotopic (exact) mass is 282 g/mol. The Morgan fingerprint density at radius 3 is 2.37 bits per heavy atom. The van der Waals surface area contributed by atoms with Crippen molar-refractivity contribution in [2.45, 2.75) is 37.1 Å². The van der Waals surface area contributed by atoms with Crippen molar-refractivity contribution in [3.05, 3.63) is 29.8 Å². The van der Waals surface area contributed by atoms with Crippen LogP contribution in [0.2, 0.25) is 0 Å². The molecular weight excluding hydrogens is 264 g/mol. The van der Waals surface area contributed by atoms with E-state index in [0.29, 0.717) is 11.5 Å². The molecule has 3 N–H and O–H groups in total. The molecule has 0 heterocycles. The van der Waals surface area contributed by atoms with Crippen molar-refractivity contribution in [1.82, 2.24) is 5.32 Å². The molecule has 104 valence electrons. The fourth-order valence-corrected chi connectivity index (χ4v) is 2.92. The first-order chi connectivity index (χ1) is 8.86. The lowest BCUT2D eigenvalue weighted by Gasteiger charge is -2.12. The van der Waals surface area contributed by atoms with Crippen molar-refractivity contribution in [1.29, 1.82) is 0 Å². The summed E-state index contributed by atoms with van der Waals surface area (Å²) in [7, 11) is -3.71. The fraction of sp³-hybridized carbons (Fsp3) is 0.462. The van der Waals surface area contributed by atoms with Crippen molar-refractivity contribution < 1.29 is 13.2 Å². The molecule has 1 aliphatic rings. The molecule has 6 heteroatoms. The Morgan fingerprint density at radius 2 is 1.89 bits per heavy atom. The van der Waals surface area contributed by atoms with Crippen molar-refractivity contribution in [2.75, 3.05) is 0 Å². The maximum absolute atomic E-state index is 12.0. The van der Waals surface area contributed by atoms with Gasteiger partial charge in [-0.05, 0) is 49.4 Å². The number of hydrogen-bond acceptors (Lipinski definition) is 3. The first kappa shape index (κ1) is 14.0. The summed E-state index contributed by atoms with van der Waals surface area (Å²) in [6.45, 7) is 2.17. The highest BCUT2D eigenvalue weighted by Gasteiger charge is 2.23. The van der Waals surface area contributed by atoms with Crippen LogP contribution in [0, 0.1) is 5.92 Å². The van der Waals surface area contributed by atoms with Crippen LogP contribution < -0.4 is 10.5 Å². The van der Waals surface area contributed by atoms with Gasteiger partial charge in [0.05, 0.1) is 4.90 Å². The van der Waals surface area contributed by atoms with Crippen LogP contribution in [0.3, 0.4) is 0 Å². The van der Waals surface area contributed by atoms with Gasteiger partial charge in [0.25, 0.3) is 5.91 Å². The molecule has 0 aromatic heterocycles. The Hall–Kier alpha value is -1.40. The maximum Gasteiger partial charge on any atom is 0.251 e. The van der Waals surface area contributed by atoms with Crippen LogP contribution in [-0.2, 0) is 10.0 Å². The Labute approximate surface area is 113 Å². The topological polar surface area (TPSA) is 89.3 Å². The Kier molecular flexibility index (Phi) is 3.91. The van der Waals surface area contributed by atoms with Gasteiger partial charge < -0.3 is 5.32 Å². The number of nitrogens with two attached hydrogens (primary N) is 1. The minimum Gasteiger partial charge on any atom is -0.349 e. The number of carbonyl (C=O) groups is 1. The van der Waals surface area contributed by atoms with Gasteiger partial charge in [-0.15, -0.1) is 0 Å². The summed E-state index contributed by atoms with van der Waals surface area (Å²) in [5.41, 5.74) is 0.451. The van der Waals surface area contributed by atoms with Crippen LogP contribution in [0.15, 0.2) is 29.2 Å². The standard InChI is InChI=1S/C13H18N2O3S/c1-9-2-5-11(8-9)15-13(16)10-3-6-12(7-4-10)19(14,17)18/h3-4,6-7,9,11H,2,5,8H2,1H3,(H,15,16)(H2,14,17,18). The summed E-state index contributed by atoms with van der Waals surface area (Å²) in [5, 5.41) is 7.97. The predicted molar refractivity (Wildman–Crippen MR) is 72.1 cm³/mol. The summed E-state index contributed by atoms with van der Waals surface area (Å²) in [6, 6.07) is 5.88. The van der Waals surface area contributed by atoms with Gasteiger partial charge in [0.15, 0.2) is 0 Å². The normalized spacial score (nSPS) is 23.3. The third-order valence-corrected chi connectivity index (χ3v) is 4.40. The molecule has 1 aliphatic carbocycles. The second-order valence-electron chi connectivity index (χ2n) is 5.16. The van der Waals surface area contributed by atoms with Gasteiger partial charge in [-0.1, -0.05) is 6.92 Å². The minimum absolute atomic E-state index is 0.0125. The van der Waals surface area contributed by atoms with Gasteiger partial charge in [0.1, 0.15) is 0 Å². The molecule has 1 fully saturated rings. The van der Waals surface area contributed by atoms with Gasteiger partial charge in [0.2, 0.25) is 10.0 Å². The molecule has 0 bridgehead atoms. The molecule has 2 unspecified atom stereocenters. The number of primary sulfonamides is 1. The highest BCUT2D eigenvalue weighted by molar-refractivity contribution is 7.89. The average molecular weight is 282 g/mol. The van der Waals surface area contributed by atoms with Crippen LogP contribution >= 0.6 is 0 Å². The average Bonchev–Trinajstić information content (AvgIpc) is 2.74. The van der Waals surface area contributed by atoms with Gasteiger partial charge in [-0.25, -0.2) is 13.6 Å². The number of rotatable bonds is 3. The van der Waals surface area contributed by atoms with E-state index in [9.17, 15) is 13.2 Å². The fourth-order valence-electron chi connectivity index (χ4n) is 2.40. The minimum atomic E-state index is -3.71. The number of amides is 1. The predicted octanol–water partition coefficient (Wildman–Crippen LogP) is 1.25. The second kappa shape index (κ2) is 5.30. The molecule has 0 spiro atoms. The quantitative estimate of drug-likeness (QED) is 0.874. The molecule has 1 aromatic carbocycles. The van der Waals surface area contributed by atoms with Crippen LogP contribution in [0.1, 0.15) is 36.5 Å². The molecule has 1 amide bonds. The van der Waals surface area contributed by atoms with E-state index in [1.54, 1.807) is 0 Å². The van der Waals surface area contributed by atoms with Crippen LogP contribution in [0.25, 0.3) is 0 Å². The van der Waals surface area contributed by atoms with Crippen LogP contribution in [0.5, 0.6) is 0 Å². The molecule has 5 nitrogen and oxygen atoms in total. The summed E-state index contributed by atoms with van der Waals surface area (Å²) < 4.78 is 22.2. The van der Waals surface area contributed by atoms with Crippen molar-refractivity contribution in [3.63, 3.8) is 0 Å². The third-order valence-electron chi connectivity index (χ3n) is 3.48. The zero-order chi connectivity index (χ0) is 14.0. The third kappa shape index (κ3) is 3.54. The Bertz CT molecular complexity index is 566. The van der Waals surface area contributed by atoms with Crippen LogP contribution in [-0.4, -0.2) is 20.4 Å². The molecule has 1 saturated carbocycles. The van der Waals surface area contributed by atoms with E-state index < -0.39 is 10.0 Å². The van der Waals surface area contributed by atoms with Gasteiger partial charge in [-0.3, -0.25) is 4.79 Å². The number of sulfonamides is 1. The molecule has 2 atom stereocenters. The van der Waals surface area contributed by atoms with E-state index in [0.717, 1.165) is 19.3 Å². The van der Waals surface area contributed by atoms with Gasteiger partial charge >= 0.3 is 0 Å². The highest BCUT2D eigenvalue weighted by atomic mass is 32.2. The van der Waals surface area contributed by atoms with E-state index in [1.165, 1.54) is 24.3 Å². The molecule has 0 radical (unpaired) electrons. The number of carbonyl (C=O) groups excluding carboxylic acids is 1. The van der Waals surface area contributed by atoms with E-state index in [4.69, 9.17) is 5.14 Å². The number of benzene rings is 1. The smallest absolute Gasteiger partial charge is 0.251 e. The van der Waals surface area contributed by atoms with Crippen molar-refractivity contribution in [2.24, 2.45) is 11.1 Å². The zero-order valence-electron chi connectivity index (χ0n) is 10.8. The van der Waals surface area contributed by atoms with Crippen molar-refractivity contribution in [3.8, 4) is 0 Å². The van der Waals surface area contributed by atoms with E-state index in [-0.39, 0.29) is 16.8 Å². The highest BCUT2D eigenvalue weighted by Crippen LogP contribution is 2.24. The van der Waals surface area contributed by atoms with E-state index >= 15 is 0 Å². The van der Waals surface area contributed by atoms with E-state index in [2.05, 4.69) is 12.2 Å². The second-order valence-corrected chi connectivity index (χ2v) is 6.72. The zero-order valence-corrected chi connectivity index (χ0v) is 11.6.